The Morgan fingerprint density at radius 1 is 0.357 bits per heavy atom. The van der Waals surface area contributed by atoms with Crippen molar-refractivity contribution in [1.82, 2.24) is 15.0 Å². The lowest BCUT2D eigenvalue weighted by Crippen LogP contribution is -2.00. The summed E-state index contributed by atoms with van der Waals surface area (Å²) in [7, 11) is 0. The van der Waals surface area contributed by atoms with Crippen LogP contribution in [0.1, 0.15) is 0 Å². The molecule has 0 radical (unpaired) electrons. The quantitative estimate of drug-likeness (QED) is 0.171. The summed E-state index contributed by atoms with van der Waals surface area (Å²) in [6.45, 7) is 0. The maximum Gasteiger partial charge on any atom is 0.165 e. The minimum atomic E-state index is 0.641. The van der Waals surface area contributed by atoms with E-state index in [-0.39, 0.29) is 0 Å². The average molecular weight is 734 g/mol. The summed E-state index contributed by atoms with van der Waals surface area (Å²) in [5.41, 5.74) is 11.5. The summed E-state index contributed by atoms with van der Waals surface area (Å²) < 4.78 is 8.94. The predicted octanol–water partition coefficient (Wildman–Crippen LogP) is 14.1. The third kappa shape index (κ3) is 5.48. The molecule has 0 aliphatic rings. The van der Waals surface area contributed by atoms with Gasteiger partial charge in [0.25, 0.3) is 0 Å². The van der Waals surface area contributed by atoms with E-state index >= 15 is 0 Å². The van der Waals surface area contributed by atoms with Gasteiger partial charge in [0.05, 0.1) is 0 Å². The Hall–Kier alpha value is -7.21. The molecule has 0 aliphatic carbocycles. The van der Waals surface area contributed by atoms with Gasteiger partial charge < -0.3 is 4.42 Å². The van der Waals surface area contributed by atoms with E-state index in [9.17, 15) is 0 Å². The minimum absolute atomic E-state index is 0.641. The molecule has 0 N–H and O–H groups in total. The molecular formula is C51H31N3OS. The highest BCUT2D eigenvalue weighted by molar-refractivity contribution is 7.26. The van der Waals surface area contributed by atoms with Crippen LogP contribution in [0.2, 0.25) is 0 Å². The smallest absolute Gasteiger partial charge is 0.165 e. The van der Waals surface area contributed by atoms with Crippen LogP contribution in [0.3, 0.4) is 0 Å². The van der Waals surface area contributed by atoms with Crippen molar-refractivity contribution in [2.75, 3.05) is 0 Å². The first-order valence-corrected chi connectivity index (χ1v) is 19.5. The zero-order chi connectivity index (χ0) is 37.0. The Labute approximate surface area is 327 Å². The standard InChI is InChI=1S/C51H31N3OS/c1-4-14-32(15-5-1)35-20-12-21-37(30-35)50-52-49(34-18-8-3-9-19-34)53-51(54-50)43-24-13-23-41-40-27-26-36(31-45(40)56-48(41)43)38-28-29-39(33-16-6-2-7-17-33)47-46(38)42-22-10-11-25-44(42)55-47/h1-31H. The number of aromatic nitrogens is 3. The van der Waals surface area contributed by atoms with Gasteiger partial charge in [-0.3, -0.25) is 0 Å². The molecule has 3 heterocycles. The monoisotopic (exact) mass is 733 g/mol. The second-order valence-electron chi connectivity index (χ2n) is 13.9. The molecule has 11 aromatic rings. The summed E-state index contributed by atoms with van der Waals surface area (Å²) >= 11 is 1.78. The van der Waals surface area contributed by atoms with E-state index in [1.165, 1.54) is 15.5 Å². The van der Waals surface area contributed by atoms with E-state index < -0.39 is 0 Å². The third-order valence-corrected chi connectivity index (χ3v) is 11.8. The summed E-state index contributed by atoms with van der Waals surface area (Å²) in [6.07, 6.45) is 0. The van der Waals surface area contributed by atoms with Gasteiger partial charge in [0.1, 0.15) is 11.2 Å². The lowest BCUT2D eigenvalue weighted by molar-refractivity contribution is 0.670. The number of benzene rings is 8. The van der Waals surface area contributed by atoms with E-state index in [0.29, 0.717) is 17.5 Å². The first-order chi connectivity index (χ1) is 27.7. The number of rotatable bonds is 6. The molecule has 5 heteroatoms. The molecule has 11 rings (SSSR count). The molecule has 0 fully saturated rings. The molecule has 4 nitrogen and oxygen atoms in total. The van der Waals surface area contributed by atoms with Crippen molar-refractivity contribution < 1.29 is 4.42 Å². The van der Waals surface area contributed by atoms with E-state index in [4.69, 9.17) is 19.4 Å². The molecule has 0 spiro atoms. The molecule has 0 unspecified atom stereocenters. The molecule has 262 valence electrons. The molecule has 56 heavy (non-hydrogen) atoms. The Morgan fingerprint density at radius 3 is 1.77 bits per heavy atom. The van der Waals surface area contributed by atoms with E-state index in [1.807, 2.05) is 36.4 Å². The van der Waals surface area contributed by atoms with Crippen LogP contribution < -0.4 is 0 Å². The highest BCUT2D eigenvalue weighted by Gasteiger charge is 2.20. The van der Waals surface area contributed by atoms with Crippen LogP contribution in [0.4, 0.5) is 0 Å². The van der Waals surface area contributed by atoms with Crippen molar-refractivity contribution in [2.45, 2.75) is 0 Å². The van der Waals surface area contributed by atoms with Crippen LogP contribution in [-0.2, 0) is 0 Å². The largest absolute Gasteiger partial charge is 0.455 e. The van der Waals surface area contributed by atoms with Crippen LogP contribution >= 0.6 is 11.3 Å². The van der Waals surface area contributed by atoms with Gasteiger partial charge in [-0.2, -0.15) is 0 Å². The van der Waals surface area contributed by atoms with Crippen molar-refractivity contribution in [3.05, 3.63) is 188 Å². The van der Waals surface area contributed by atoms with Crippen LogP contribution in [-0.4, -0.2) is 15.0 Å². The van der Waals surface area contributed by atoms with Crippen LogP contribution in [0, 0.1) is 0 Å². The zero-order valence-electron chi connectivity index (χ0n) is 30.1. The Bertz CT molecular complexity index is 3240. The summed E-state index contributed by atoms with van der Waals surface area (Å²) in [6, 6.07) is 65.6. The van der Waals surface area contributed by atoms with E-state index in [1.54, 1.807) is 11.3 Å². The van der Waals surface area contributed by atoms with Gasteiger partial charge in [-0.15, -0.1) is 11.3 Å². The molecule has 0 saturated heterocycles. The number of hydrogen-bond donors (Lipinski definition) is 0. The highest BCUT2D eigenvalue weighted by Crippen LogP contribution is 2.45. The average Bonchev–Trinajstić information content (AvgIpc) is 3.86. The topological polar surface area (TPSA) is 51.8 Å². The van der Waals surface area contributed by atoms with Gasteiger partial charge >= 0.3 is 0 Å². The number of para-hydroxylation sites is 1. The molecule has 0 aliphatic heterocycles. The van der Waals surface area contributed by atoms with Gasteiger partial charge in [0.15, 0.2) is 17.5 Å². The second kappa shape index (κ2) is 13.3. The summed E-state index contributed by atoms with van der Waals surface area (Å²) in [4.78, 5) is 15.4. The summed E-state index contributed by atoms with van der Waals surface area (Å²) in [5, 5.41) is 4.63. The lowest BCUT2D eigenvalue weighted by atomic mass is 9.94. The number of furan rings is 1. The van der Waals surface area contributed by atoms with Crippen LogP contribution in [0.5, 0.6) is 0 Å². The number of nitrogens with zero attached hydrogens (tertiary/aromatic N) is 3. The lowest BCUT2D eigenvalue weighted by Gasteiger charge is -2.10. The first-order valence-electron chi connectivity index (χ1n) is 18.7. The molecule has 0 bridgehead atoms. The molecule has 8 aromatic carbocycles. The highest BCUT2D eigenvalue weighted by atomic mass is 32.1. The maximum atomic E-state index is 6.60. The SMILES string of the molecule is c1ccc(-c2cccc(-c3nc(-c4ccccc4)nc(-c4cccc5c4sc4cc(-c6ccc(-c7ccccc7)c7oc8ccccc8c67)ccc45)n3)c2)cc1. The van der Waals surface area contributed by atoms with Crippen molar-refractivity contribution in [3.63, 3.8) is 0 Å². The normalized spacial score (nSPS) is 11.6. The zero-order valence-corrected chi connectivity index (χ0v) is 30.9. The predicted molar refractivity (Wildman–Crippen MR) is 233 cm³/mol. The number of hydrogen-bond acceptors (Lipinski definition) is 5. The third-order valence-electron chi connectivity index (χ3n) is 10.6. The van der Waals surface area contributed by atoms with E-state index in [0.717, 1.165) is 76.7 Å². The molecule has 3 aromatic heterocycles. The van der Waals surface area contributed by atoms with Crippen molar-refractivity contribution >= 4 is 53.4 Å². The number of fused-ring (bicyclic) bond motifs is 6. The number of thiophene rings is 1. The minimum Gasteiger partial charge on any atom is -0.455 e. The van der Waals surface area contributed by atoms with Gasteiger partial charge in [-0.25, -0.2) is 15.0 Å². The fraction of sp³-hybridized carbons (Fsp3) is 0. The Balaban J connectivity index is 1.08. The fourth-order valence-electron chi connectivity index (χ4n) is 7.87. The molecule has 0 saturated carbocycles. The molecule has 0 atom stereocenters. The Morgan fingerprint density at radius 2 is 0.964 bits per heavy atom. The van der Waals surface area contributed by atoms with Gasteiger partial charge in [0.2, 0.25) is 0 Å². The van der Waals surface area contributed by atoms with Gasteiger partial charge in [-0.05, 0) is 58.1 Å². The van der Waals surface area contributed by atoms with Crippen molar-refractivity contribution in [2.24, 2.45) is 0 Å². The molecule has 0 amide bonds. The second-order valence-corrected chi connectivity index (χ2v) is 15.0. The van der Waals surface area contributed by atoms with Crippen molar-refractivity contribution in [3.8, 4) is 67.5 Å². The van der Waals surface area contributed by atoms with Gasteiger partial charge in [-0.1, -0.05) is 158 Å². The first kappa shape index (κ1) is 32.2. The van der Waals surface area contributed by atoms with E-state index in [2.05, 4.69) is 152 Å². The maximum absolute atomic E-state index is 6.60. The van der Waals surface area contributed by atoms with Crippen molar-refractivity contribution in [1.29, 1.82) is 0 Å². The summed E-state index contributed by atoms with van der Waals surface area (Å²) in [5.74, 6) is 1.94. The van der Waals surface area contributed by atoms with Crippen LogP contribution in [0.25, 0.3) is 110 Å². The molecular weight excluding hydrogens is 703 g/mol. The fourth-order valence-corrected chi connectivity index (χ4v) is 9.12. The van der Waals surface area contributed by atoms with Crippen LogP contribution in [0.15, 0.2) is 192 Å². The van der Waals surface area contributed by atoms with Gasteiger partial charge in [0, 0.05) is 53.2 Å². The Kier molecular flexibility index (Phi) is 7.64.